The molecule has 104 valence electrons. The number of likely N-dealkylation sites (tertiary alicyclic amines) is 1. The van der Waals surface area contributed by atoms with Crippen LogP contribution in [0.1, 0.15) is 33.6 Å². The molecule has 1 saturated heterocycles. The summed E-state index contributed by atoms with van der Waals surface area (Å²) in [4.78, 5) is 13.3. The Hall–Kier alpha value is -0.910. The highest BCUT2D eigenvalue weighted by Gasteiger charge is 2.62. The Bertz CT molecular complexity index is 354. The van der Waals surface area contributed by atoms with Crippen molar-refractivity contribution in [2.24, 2.45) is 5.92 Å². The van der Waals surface area contributed by atoms with E-state index in [9.17, 15) is 18.7 Å². The van der Waals surface area contributed by atoms with Gasteiger partial charge in [-0.05, 0) is 27.2 Å². The van der Waals surface area contributed by atoms with Crippen molar-refractivity contribution >= 4 is 6.09 Å². The molecule has 1 aliphatic carbocycles. The van der Waals surface area contributed by atoms with Crippen LogP contribution in [-0.2, 0) is 4.74 Å². The quantitative estimate of drug-likeness (QED) is 0.787. The van der Waals surface area contributed by atoms with Crippen LogP contribution in [0, 0.1) is 5.92 Å². The SMILES string of the molecule is CC(C)(C)OC(=O)N1[C@@H]2C[C@H]([C@@H]1CO)C(F)(F)C2. The molecular weight excluding hydrogens is 244 g/mol. The number of piperidine rings is 1. The number of aliphatic hydroxyl groups excluding tert-OH is 1. The summed E-state index contributed by atoms with van der Waals surface area (Å²) in [5.74, 6) is -3.73. The highest BCUT2D eigenvalue weighted by atomic mass is 19.3. The number of nitrogens with zero attached hydrogens (tertiary/aromatic N) is 1. The summed E-state index contributed by atoms with van der Waals surface area (Å²) in [6.45, 7) is 4.72. The molecule has 1 N–H and O–H groups in total. The number of aliphatic hydroxyl groups is 1. The Kier molecular flexibility index (Phi) is 3.04. The monoisotopic (exact) mass is 263 g/mol. The number of rotatable bonds is 1. The molecule has 6 heteroatoms. The molecule has 1 aliphatic heterocycles. The number of ether oxygens (including phenoxy) is 1. The lowest BCUT2D eigenvalue weighted by molar-refractivity contribution is -0.0992. The topological polar surface area (TPSA) is 49.8 Å². The smallest absolute Gasteiger partial charge is 0.410 e. The second kappa shape index (κ2) is 4.05. The molecule has 2 bridgehead atoms. The summed E-state index contributed by atoms with van der Waals surface area (Å²) >= 11 is 0. The second-order valence-electron chi connectivity index (χ2n) is 6.10. The van der Waals surface area contributed by atoms with Crippen LogP contribution in [0.3, 0.4) is 0 Å². The molecule has 4 nitrogen and oxygen atoms in total. The first-order valence-electron chi connectivity index (χ1n) is 6.16. The van der Waals surface area contributed by atoms with Gasteiger partial charge in [-0.2, -0.15) is 0 Å². The third-order valence-corrected chi connectivity index (χ3v) is 3.58. The van der Waals surface area contributed by atoms with E-state index in [1.807, 2.05) is 0 Å². The Labute approximate surface area is 105 Å². The summed E-state index contributed by atoms with van der Waals surface area (Å²) in [5, 5.41) is 9.26. The Morgan fingerprint density at radius 1 is 1.50 bits per heavy atom. The highest BCUT2D eigenvalue weighted by Crippen LogP contribution is 2.51. The summed E-state index contributed by atoms with van der Waals surface area (Å²) in [6.07, 6.45) is -0.685. The minimum absolute atomic E-state index is 0.247. The van der Waals surface area contributed by atoms with Gasteiger partial charge in [-0.25, -0.2) is 13.6 Å². The number of alkyl halides is 2. The minimum Gasteiger partial charge on any atom is -0.444 e. The maximum absolute atomic E-state index is 13.6. The van der Waals surface area contributed by atoms with Crippen LogP contribution in [0.25, 0.3) is 0 Å². The minimum atomic E-state index is -2.78. The van der Waals surface area contributed by atoms with Gasteiger partial charge in [0.2, 0.25) is 0 Å². The molecule has 0 unspecified atom stereocenters. The zero-order chi connectivity index (χ0) is 13.7. The van der Waals surface area contributed by atoms with E-state index in [0.717, 1.165) is 0 Å². The summed E-state index contributed by atoms with van der Waals surface area (Å²) < 4.78 is 32.3. The number of amides is 1. The molecule has 0 spiro atoms. The lowest BCUT2D eigenvalue weighted by Crippen LogP contribution is -2.53. The largest absolute Gasteiger partial charge is 0.444 e. The third-order valence-electron chi connectivity index (χ3n) is 3.58. The normalized spacial score (nSPS) is 33.9. The highest BCUT2D eigenvalue weighted by molar-refractivity contribution is 5.70. The summed E-state index contributed by atoms with van der Waals surface area (Å²) in [6, 6.07) is -1.34. The van der Waals surface area contributed by atoms with E-state index in [1.165, 1.54) is 4.90 Å². The Balaban J connectivity index is 2.14. The number of halogens is 2. The van der Waals surface area contributed by atoms with E-state index in [-0.39, 0.29) is 12.8 Å². The first-order chi connectivity index (χ1) is 8.15. The van der Waals surface area contributed by atoms with Gasteiger partial charge in [0.25, 0.3) is 5.92 Å². The van der Waals surface area contributed by atoms with Crippen molar-refractivity contribution in [3.8, 4) is 0 Å². The number of carbonyl (C=O) groups excluding carboxylic acids is 1. The number of hydrogen-bond donors (Lipinski definition) is 1. The van der Waals surface area contributed by atoms with Crippen molar-refractivity contribution in [2.45, 2.75) is 57.2 Å². The fourth-order valence-corrected chi connectivity index (χ4v) is 2.94. The Morgan fingerprint density at radius 3 is 2.61 bits per heavy atom. The van der Waals surface area contributed by atoms with E-state index >= 15 is 0 Å². The number of fused-ring (bicyclic) bond motifs is 2. The first kappa shape index (κ1) is 13.5. The maximum Gasteiger partial charge on any atom is 0.410 e. The van der Waals surface area contributed by atoms with Crippen molar-refractivity contribution in [2.75, 3.05) is 6.61 Å². The van der Waals surface area contributed by atoms with Crippen LogP contribution in [0.4, 0.5) is 13.6 Å². The molecule has 0 aromatic heterocycles. The molecule has 3 atom stereocenters. The lowest BCUT2D eigenvalue weighted by Gasteiger charge is -2.38. The van der Waals surface area contributed by atoms with Gasteiger partial charge in [0.1, 0.15) is 5.60 Å². The zero-order valence-electron chi connectivity index (χ0n) is 10.8. The fraction of sp³-hybridized carbons (Fsp3) is 0.917. The van der Waals surface area contributed by atoms with Crippen LogP contribution < -0.4 is 0 Å². The van der Waals surface area contributed by atoms with Gasteiger partial charge < -0.3 is 9.84 Å². The predicted octanol–water partition coefficient (Wildman–Crippen LogP) is 2.01. The van der Waals surface area contributed by atoms with E-state index < -0.39 is 42.2 Å². The van der Waals surface area contributed by atoms with Gasteiger partial charge >= 0.3 is 6.09 Å². The summed E-state index contributed by atoms with van der Waals surface area (Å²) in [7, 11) is 0. The number of hydrogen-bond acceptors (Lipinski definition) is 3. The van der Waals surface area contributed by atoms with Gasteiger partial charge in [-0.3, -0.25) is 4.90 Å². The van der Waals surface area contributed by atoms with E-state index in [0.29, 0.717) is 0 Å². The average Bonchev–Trinajstić information content (AvgIpc) is 2.66. The van der Waals surface area contributed by atoms with Gasteiger partial charge in [-0.15, -0.1) is 0 Å². The molecule has 2 aliphatic rings. The van der Waals surface area contributed by atoms with Gasteiger partial charge in [0.15, 0.2) is 0 Å². The Morgan fingerprint density at radius 2 is 2.11 bits per heavy atom. The van der Waals surface area contributed by atoms with Crippen molar-refractivity contribution in [3.05, 3.63) is 0 Å². The average molecular weight is 263 g/mol. The molecule has 2 rings (SSSR count). The van der Waals surface area contributed by atoms with Crippen LogP contribution in [0.15, 0.2) is 0 Å². The van der Waals surface area contributed by atoms with Crippen LogP contribution in [0.5, 0.6) is 0 Å². The predicted molar refractivity (Wildman–Crippen MR) is 60.4 cm³/mol. The van der Waals surface area contributed by atoms with Crippen molar-refractivity contribution < 1.29 is 23.4 Å². The van der Waals surface area contributed by atoms with Crippen LogP contribution in [0.2, 0.25) is 0 Å². The molecule has 2 fully saturated rings. The number of carbonyl (C=O) groups is 1. The maximum atomic E-state index is 13.6. The van der Waals surface area contributed by atoms with Crippen molar-refractivity contribution in [3.63, 3.8) is 0 Å². The lowest BCUT2D eigenvalue weighted by atomic mass is 9.96. The molecule has 0 radical (unpaired) electrons. The third kappa shape index (κ3) is 2.18. The molecule has 1 saturated carbocycles. The van der Waals surface area contributed by atoms with Crippen LogP contribution in [-0.4, -0.2) is 46.3 Å². The molecule has 1 heterocycles. The van der Waals surface area contributed by atoms with Gasteiger partial charge in [0.05, 0.1) is 12.6 Å². The standard InChI is InChI=1S/C12H19F2NO3/c1-11(2,3)18-10(17)15-7-4-8(9(15)6-16)12(13,14)5-7/h7-9,16H,4-6H2,1-3H3/t7-,8-,9+/m1/s1. The van der Waals surface area contributed by atoms with Crippen molar-refractivity contribution in [1.82, 2.24) is 4.90 Å². The molecule has 0 aromatic rings. The molecule has 18 heavy (non-hydrogen) atoms. The summed E-state index contributed by atoms with van der Waals surface area (Å²) in [5.41, 5.74) is -0.665. The van der Waals surface area contributed by atoms with E-state index in [4.69, 9.17) is 4.74 Å². The van der Waals surface area contributed by atoms with Crippen LogP contribution >= 0.6 is 0 Å². The molecular formula is C12H19F2NO3. The first-order valence-corrected chi connectivity index (χ1v) is 6.16. The second-order valence-corrected chi connectivity index (χ2v) is 6.10. The fourth-order valence-electron chi connectivity index (χ4n) is 2.94. The van der Waals surface area contributed by atoms with E-state index in [2.05, 4.69) is 0 Å². The van der Waals surface area contributed by atoms with Gasteiger partial charge in [-0.1, -0.05) is 0 Å². The zero-order valence-corrected chi connectivity index (χ0v) is 10.8. The molecule has 1 amide bonds. The molecule has 0 aromatic carbocycles. The van der Waals surface area contributed by atoms with E-state index in [1.54, 1.807) is 20.8 Å². The van der Waals surface area contributed by atoms with Crippen molar-refractivity contribution in [1.29, 1.82) is 0 Å². The van der Waals surface area contributed by atoms with Gasteiger partial charge in [0, 0.05) is 18.4 Å².